The van der Waals surface area contributed by atoms with Gasteiger partial charge in [-0.25, -0.2) is 9.59 Å². The first-order chi connectivity index (χ1) is 14.0. The number of benzene rings is 1. The molecule has 4 rings (SSSR count). The second-order valence-corrected chi connectivity index (χ2v) is 8.14. The van der Waals surface area contributed by atoms with Crippen molar-refractivity contribution in [3.63, 3.8) is 0 Å². The molecular weight excluding hydrogens is 374 g/mol. The minimum Gasteiger partial charge on any atom is -0.480 e. The number of hydrogen-bond donors (Lipinski definition) is 2. The zero-order chi connectivity index (χ0) is 20.5. The highest BCUT2D eigenvalue weighted by Gasteiger charge is 2.38. The van der Waals surface area contributed by atoms with Gasteiger partial charge >= 0.3 is 11.7 Å². The molecule has 2 N–H and O–H groups in total. The van der Waals surface area contributed by atoms with Gasteiger partial charge in [0.05, 0.1) is 10.9 Å². The van der Waals surface area contributed by atoms with Crippen LogP contribution in [0.5, 0.6) is 0 Å². The van der Waals surface area contributed by atoms with Crippen LogP contribution < -0.4 is 11.2 Å². The molecule has 0 radical (unpaired) electrons. The van der Waals surface area contributed by atoms with Gasteiger partial charge in [-0.05, 0) is 56.6 Å². The van der Waals surface area contributed by atoms with E-state index in [0.717, 1.165) is 19.3 Å². The molecule has 1 aromatic heterocycles. The molecule has 0 spiro atoms. The summed E-state index contributed by atoms with van der Waals surface area (Å²) in [4.78, 5) is 53.5. The number of carboxylic acid groups (broad SMARTS) is 1. The van der Waals surface area contributed by atoms with Gasteiger partial charge in [-0.3, -0.25) is 14.2 Å². The predicted molar refractivity (Wildman–Crippen MR) is 107 cm³/mol. The van der Waals surface area contributed by atoms with Crippen LogP contribution in [0.3, 0.4) is 0 Å². The predicted octanol–water partition coefficient (Wildman–Crippen LogP) is 1.57. The summed E-state index contributed by atoms with van der Waals surface area (Å²) in [6.45, 7) is 0.846. The monoisotopic (exact) mass is 399 g/mol. The molecule has 1 saturated carbocycles. The zero-order valence-corrected chi connectivity index (χ0v) is 16.2. The van der Waals surface area contributed by atoms with Crippen molar-refractivity contribution in [1.82, 2.24) is 14.5 Å². The molecule has 29 heavy (non-hydrogen) atoms. The molecule has 0 unspecified atom stereocenters. The third-order valence-corrected chi connectivity index (χ3v) is 6.35. The summed E-state index contributed by atoms with van der Waals surface area (Å²) in [6, 6.07) is 6.26. The topological polar surface area (TPSA) is 112 Å². The van der Waals surface area contributed by atoms with Gasteiger partial charge in [0.2, 0.25) is 5.91 Å². The average molecular weight is 399 g/mol. The highest BCUT2D eigenvalue weighted by atomic mass is 16.4. The molecule has 1 saturated heterocycles. The number of nitrogens with zero attached hydrogens (tertiary/aromatic N) is 2. The molecule has 1 aliphatic heterocycles. The quantitative estimate of drug-likeness (QED) is 0.810. The van der Waals surface area contributed by atoms with Gasteiger partial charge in [-0.1, -0.05) is 12.1 Å². The molecule has 2 aromatic rings. The van der Waals surface area contributed by atoms with Gasteiger partial charge in [-0.2, -0.15) is 0 Å². The Morgan fingerprint density at radius 2 is 1.79 bits per heavy atom. The second kappa shape index (κ2) is 7.85. The molecule has 8 heteroatoms. The normalized spacial score (nSPS) is 24.7. The Morgan fingerprint density at radius 3 is 2.52 bits per heavy atom. The molecule has 1 atom stereocenters. The number of aromatic amines is 1. The summed E-state index contributed by atoms with van der Waals surface area (Å²) in [5, 5.41) is 9.80. The Hall–Kier alpha value is -2.90. The maximum absolute atomic E-state index is 12.8. The molecule has 2 aliphatic rings. The first-order valence-corrected chi connectivity index (χ1v) is 10.2. The van der Waals surface area contributed by atoms with Gasteiger partial charge < -0.3 is 15.0 Å². The van der Waals surface area contributed by atoms with Crippen LogP contribution in [0.15, 0.2) is 33.9 Å². The summed E-state index contributed by atoms with van der Waals surface area (Å²) in [6.07, 6.45) is 4.04. The molecule has 154 valence electrons. The number of rotatable bonds is 4. The Morgan fingerprint density at radius 1 is 1.07 bits per heavy atom. The smallest absolute Gasteiger partial charge is 0.328 e. The number of para-hydroxylation sites is 1. The highest BCUT2D eigenvalue weighted by molar-refractivity contribution is 5.85. The van der Waals surface area contributed by atoms with Gasteiger partial charge in [0.1, 0.15) is 6.04 Å². The average Bonchev–Trinajstić information content (AvgIpc) is 3.21. The van der Waals surface area contributed by atoms with Crippen LogP contribution in [-0.4, -0.2) is 44.0 Å². The fraction of sp³-hybridized carbons (Fsp3) is 0.524. The van der Waals surface area contributed by atoms with Crippen LogP contribution >= 0.6 is 0 Å². The fourth-order valence-corrected chi connectivity index (χ4v) is 4.74. The number of carbonyl (C=O) groups is 2. The Balaban J connectivity index is 1.43. The third-order valence-electron chi connectivity index (χ3n) is 6.35. The zero-order valence-electron chi connectivity index (χ0n) is 16.2. The lowest BCUT2D eigenvalue weighted by molar-refractivity contribution is -0.150. The number of H-pyrrole nitrogens is 1. The van der Waals surface area contributed by atoms with Crippen molar-refractivity contribution in [3.05, 3.63) is 45.1 Å². The van der Waals surface area contributed by atoms with E-state index < -0.39 is 17.7 Å². The number of fused-ring (bicyclic) bond motifs is 1. The van der Waals surface area contributed by atoms with Gasteiger partial charge in [0.15, 0.2) is 0 Å². The van der Waals surface area contributed by atoms with Crippen molar-refractivity contribution in [2.24, 2.45) is 11.8 Å². The first kappa shape index (κ1) is 19.4. The highest BCUT2D eigenvalue weighted by Crippen LogP contribution is 2.32. The molecular formula is C21H25N3O5. The van der Waals surface area contributed by atoms with E-state index in [9.17, 15) is 24.3 Å². The Labute approximate surface area is 167 Å². The molecule has 1 aromatic carbocycles. The molecule has 2 heterocycles. The largest absolute Gasteiger partial charge is 0.480 e. The summed E-state index contributed by atoms with van der Waals surface area (Å²) in [5.41, 5.74) is -0.163. The summed E-state index contributed by atoms with van der Waals surface area (Å²) in [7, 11) is 0. The molecule has 1 aliphatic carbocycles. The third kappa shape index (κ3) is 3.71. The van der Waals surface area contributed by atoms with E-state index in [1.165, 1.54) is 9.47 Å². The van der Waals surface area contributed by atoms with Crippen molar-refractivity contribution in [2.45, 2.75) is 51.1 Å². The number of carbonyl (C=O) groups excluding carboxylic acids is 1. The second-order valence-electron chi connectivity index (χ2n) is 8.14. The van der Waals surface area contributed by atoms with E-state index in [1.54, 1.807) is 24.3 Å². The standard InChI is InChI=1S/C21H25N3O5/c25-18(23-11-3-6-17(23)20(27)28)14-9-7-13(8-10-14)12-24-19(26)15-4-1-2-5-16(15)22-21(24)29/h1-2,4-5,13-14,17H,3,6-12H2,(H,22,29)(H,27,28)/t13?,14?,17-/m1/s1. The summed E-state index contributed by atoms with van der Waals surface area (Å²) >= 11 is 0. The van der Waals surface area contributed by atoms with Crippen LogP contribution in [0.2, 0.25) is 0 Å². The van der Waals surface area contributed by atoms with E-state index in [4.69, 9.17) is 0 Å². The van der Waals surface area contributed by atoms with Crippen LogP contribution in [0.1, 0.15) is 38.5 Å². The number of likely N-dealkylation sites (tertiary alicyclic amines) is 1. The summed E-state index contributed by atoms with van der Waals surface area (Å²) < 4.78 is 1.26. The Kier molecular flexibility index (Phi) is 5.25. The van der Waals surface area contributed by atoms with Crippen molar-refractivity contribution >= 4 is 22.8 Å². The van der Waals surface area contributed by atoms with E-state index in [0.29, 0.717) is 43.3 Å². The number of aliphatic carboxylic acids is 1. The van der Waals surface area contributed by atoms with Crippen LogP contribution in [-0.2, 0) is 16.1 Å². The van der Waals surface area contributed by atoms with Crippen molar-refractivity contribution in [2.75, 3.05) is 6.54 Å². The number of hydrogen-bond acceptors (Lipinski definition) is 4. The number of nitrogens with one attached hydrogen (secondary N) is 1. The van der Waals surface area contributed by atoms with E-state index >= 15 is 0 Å². The number of carboxylic acids is 1. The maximum atomic E-state index is 12.8. The Bertz CT molecular complexity index is 1050. The molecule has 2 fully saturated rings. The first-order valence-electron chi connectivity index (χ1n) is 10.2. The van der Waals surface area contributed by atoms with Crippen LogP contribution in [0.25, 0.3) is 10.9 Å². The lowest BCUT2D eigenvalue weighted by Gasteiger charge is -2.32. The van der Waals surface area contributed by atoms with E-state index in [1.807, 2.05) is 0 Å². The maximum Gasteiger partial charge on any atom is 0.328 e. The summed E-state index contributed by atoms with van der Waals surface area (Å²) in [5.74, 6) is -1.01. The SMILES string of the molecule is O=C(O)[C@H]1CCCN1C(=O)C1CCC(Cn2c(=O)[nH]c3ccccc3c2=O)CC1. The minimum atomic E-state index is -0.931. The van der Waals surface area contributed by atoms with Crippen molar-refractivity contribution in [1.29, 1.82) is 0 Å². The van der Waals surface area contributed by atoms with Crippen LogP contribution in [0, 0.1) is 11.8 Å². The van der Waals surface area contributed by atoms with E-state index in [2.05, 4.69) is 4.98 Å². The fourth-order valence-electron chi connectivity index (χ4n) is 4.74. The van der Waals surface area contributed by atoms with Gasteiger partial charge in [-0.15, -0.1) is 0 Å². The minimum absolute atomic E-state index is 0.0610. The number of aromatic nitrogens is 2. The molecule has 0 bridgehead atoms. The molecule has 1 amide bonds. The van der Waals surface area contributed by atoms with Gasteiger partial charge in [0, 0.05) is 19.0 Å². The van der Waals surface area contributed by atoms with Crippen molar-refractivity contribution in [3.8, 4) is 0 Å². The lowest BCUT2D eigenvalue weighted by atomic mass is 9.81. The lowest BCUT2D eigenvalue weighted by Crippen LogP contribution is -2.44. The number of amides is 1. The van der Waals surface area contributed by atoms with Gasteiger partial charge in [0.25, 0.3) is 5.56 Å². The van der Waals surface area contributed by atoms with Crippen LogP contribution in [0.4, 0.5) is 0 Å². The van der Waals surface area contributed by atoms with E-state index in [-0.39, 0.29) is 23.3 Å². The molecule has 8 nitrogen and oxygen atoms in total. The van der Waals surface area contributed by atoms with Crippen molar-refractivity contribution < 1.29 is 14.7 Å².